The Bertz CT molecular complexity index is 821. The Balaban J connectivity index is 1.68. The van der Waals surface area contributed by atoms with Crippen molar-refractivity contribution in [3.05, 3.63) is 84.1 Å². The Morgan fingerprint density at radius 2 is 1.82 bits per heavy atom. The van der Waals surface area contributed by atoms with Crippen LogP contribution in [0.2, 0.25) is 0 Å². The molecule has 28 heavy (non-hydrogen) atoms. The van der Waals surface area contributed by atoms with Gasteiger partial charge in [0, 0.05) is 24.9 Å². The molecule has 0 saturated heterocycles. The normalized spacial score (nSPS) is 10.9. The number of rotatable bonds is 11. The molecule has 3 aromatic rings. The molecule has 0 fully saturated rings. The van der Waals surface area contributed by atoms with Crippen molar-refractivity contribution in [3.8, 4) is 0 Å². The summed E-state index contributed by atoms with van der Waals surface area (Å²) in [4.78, 5) is 14.8. The van der Waals surface area contributed by atoms with Gasteiger partial charge in [-0.05, 0) is 36.2 Å². The number of benzene rings is 1. The molecule has 0 N–H and O–H groups in total. The minimum atomic E-state index is 0.194. The molecule has 1 amide bonds. The first-order valence-electron chi connectivity index (χ1n) is 10.2. The summed E-state index contributed by atoms with van der Waals surface area (Å²) in [6.07, 6.45) is 8.77. The first kappa shape index (κ1) is 20.0. The molecule has 0 aliphatic heterocycles. The molecule has 0 aliphatic rings. The van der Waals surface area contributed by atoms with Gasteiger partial charge < -0.3 is 13.9 Å². The van der Waals surface area contributed by atoms with Gasteiger partial charge in [-0.15, -0.1) is 0 Å². The van der Waals surface area contributed by atoms with Crippen molar-refractivity contribution in [2.45, 2.75) is 58.7 Å². The summed E-state index contributed by atoms with van der Waals surface area (Å²) >= 11 is 0. The quantitative estimate of drug-likeness (QED) is 0.406. The predicted octanol–water partition coefficient (Wildman–Crippen LogP) is 5.63. The molecule has 3 rings (SSSR count). The monoisotopic (exact) mass is 378 g/mol. The van der Waals surface area contributed by atoms with Crippen molar-refractivity contribution < 1.29 is 9.21 Å². The molecule has 0 aliphatic carbocycles. The Kier molecular flexibility index (Phi) is 7.53. The van der Waals surface area contributed by atoms with E-state index in [0.29, 0.717) is 19.5 Å². The third kappa shape index (κ3) is 5.88. The maximum Gasteiger partial charge on any atom is 0.223 e. The van der Waals surface area contributed by atoms with E-state index < -0.39 is 0 Å². The van der Waals surface area contributed by atoms with Gasteiger partial charge in [-0.25, -0.2) is 0 Å². The van der Waals surface area contributed by atoms with Crippen molar-refractivity contribution in [1.82, 2.24) is 9.47 Å². The average Bonchev–Trinajstić information content (AvgIpc) is 3.38. The van der Waals surface area contributed by atoms with Crippen LogP contribution >= 0.6 is 0 Å². The van der Waals surface area contributed by atoms with Crippen LogP contribution in [0.3, 0.4) is 0 Å². The largest absolute Gasteiger partial charge is 0.467 e. The third-order valence-electron chi connectivity index (χ3n) is 5.00. The fourth-order valence-corrected chi connectivity index (χ4v) is 3.41. The second-order valence-electron chi connectivity index (χ2n) is 7.25. The van der Waals surface area contributed by atoms with Gasteiger partial charge >= 0.3 is 0 Å². The number of furan rings is 1. The Morgan fingerprint density at radius 3 is 2.57 bits per heavy atom. The summed E-state index contributed by atoms with van der Waals surface area (Å²) in [6.45, 7) is 4.09. The zero-order valence-electron chi connectivity index (χ0n) is 16.7. The van der Waals surface area contributed by atoms with Crippen LogP contribution in [0.4, 0.5) is 0 Å². The number of carbonyl (C=O) groups is 1. The topological polar surface area (TPSA) is 38.4 Å². The molecule has 0 spiro atoms. The Morgan fingerprint density at radius 1 is 0.964 bits per heavy atom. The minimum Gasteiger partial charge on any atom is -0.467 e. The lowest BCUT2D eigenvalue weighted by Gasteiger charge is -2.23. The maximum absolute atomic E-state index is 12.9. The lowest BCUT2D eigenvalue weighted by atomic mass is 10.1. The van der Waals surface area contributed by atoms with Crippen LogP contribution in [0, 0.1) is 0 Å². The van der Waals surface area contributed by atoms with Crippen molar-refractivity contribution >= 4 is 5.91 Å². The van der Waals surface area contributed by atoms with Crippen LogP contribution in [0.15, 0.2) is 71.5 Å². The second kappa shape index (κ2) is 10.5. The lowest BCUT2D eigenvalue weighted by Crippen LogP contribution is -2.30. The highest BCUT2D eigenvalue weighted by atomic mass is 16.3. The van der Waals surface area contributed by atoms with E-state index >= 15 is 0 Å². The van der Waals surface area contributed by atoms with Gasteiger partial charge in [-0.3, -0.25) is 4.79 Å². The fourth-order valence-electron chi connectivity index (χ4n) is 3.41. The fraction of sp³-hybridized carbons (Fsp3) is 0.375. The van der Waals surface area contributed by atoms with Crippen molar-refractivity contribution in [2.75, 3.05) is 0 Å². The average molecular weight is 379 g/mol. The van der Waals surface area contributed by atoms with Crippen LogP contribution in [0.25, 0.3) is 0 Å². The van der Waals surface area contributed by atoms with E-state index in [1.807, 2.05) is 23.1 Å². The van der Waals surface area contributed by atoms with E-state index in [9.17, 15) is 4.79 Å². The summed E-state index contributed by atoms with van der Waals surface area (Å²) in [5.74, 6) is 1.02. The van der Waals surface area contributed by atoms with Gasteiger partial charge in [0.05, 0.1) is 19.4 Å². The number of hydrogen-bond donors (Lipinski definition) is 0. The maximum atomic E-state index is 12.9. The zero-order valence-corrected chi connectivity index (χ0v) is 16.7. The first-order valence-corrected chi connectivity index (χ1v) is 10.2. The molecule has 0 saturated carbocycles. The smallest absolute Gasteiger partial charge is 0.223 e. The highest BCUT2D eigenvalue weighted by Crippen LogP contribution is 2.16. The molecule has 4 heteroatoms. The van der Waals surface area contributed by atoms with Crippen molar-refractivity contribution in [1.29, 1.82) is 0 Å². The molecule has 0 unspecified atom stereocenters. The Labute approximate surface area is 167 Å². The van der Waals surface area contributed by atoms with E-state index in [1.165, 1.54) is 18.4 Å². The highest BCUT2D eigenvalue weighted by molar-refractivity contribution is 5.76. The number of carbonyl (C=O) groups excluding carboxylic acids is 1. The molecule has 0 atom stereocenters. The van der Waals surface area contributed by atoms with E-state index in [0.717, 1.165) is 30.8 Å². The standard InChI is InChI=1S/C24H30N2O2/c1-2-3-4-8-15-24(27)26(20-23-14-10-17-28-23)19-22-13-9-16-25(22)18-21-11-6-5-7-12-21/h5-7,9-14,16-17H,2-4,8,15,18-20H2,1H3. The van der Waals surface area contributed by atoms with Gasteiger partial charge in [0.15, 0.2) is 0 Å². The molecule has 2 aromatic heterocycles. The number of unbranched alkanes of at least 4 members (excludes halogenated alkanes) is 3. The predicted molar refractivity (Wildman–Crippen MR) is 112 cm³/mol. The van der Waals surface area contributed by atoms with E-state index in [2.05, 4.69) is 54.1 Å². The second-order valence-corrected chi connectivity index (χ2v) is 7.25. The van der Waals surface area contributed by atoms with E-state index in [-0.39, 0.29) is 5.91 Å². The number of hydrogen-bond acceptors (Lipinski definition) is 2. The van der Waals surface area contributed by atoms with Crippen LogP contribution in [0.5, 0.6) is 0 Å². The van der Waals surface area contributed by atoms with Crippen LogP contribution in [0.1, 0.15) is 56.0 Å². The van der Waals surface area contributed by atoms with Gasteiger partial charge in [-0.1, -0.05) is 56.5 Å². The van der Waals surface area contributed by atoms with Gasteiger partial charge in [0.1, 0.15) is 5.76 Å². The number of amides is 1. The van der Waals surface area contributed by atoms with Crippen LogP contribution in [-0.4, -0.2) is 15.4 Å². The first-order chi connectivity index (χ1) is 13.8. The summed E-state index contributed by atoms with van der Waals surface area (Å²) in [7, 11) is 0. The van der Waals surface area contributed by atoms with E-state index in [1.54, 1.807) is 6.26 Å². The number of aromatic nitrogens is 1. The summed E-state index contributed by atoms with van der Waals surface area (Å²) in [5.41, 5.74) is 2.39. The van der Waals surface area contributed by atoms with Gasteiger partial charge in [-0.2, -0.15) is 0 Å². The summed E-state index contributed by atoms with van der Waals surface area (Å²) in [6, 6.07) is 18.4. The lowest BCUT2D eigenvalue weighted by molar-refractivity contribution is -0.133. The van der Waals surface area contributed by atoms with Gasteiger partial charge in [0.25, 0.3) is 0 Å². The molecule has 4 nitrogen and oxygen atoms in total. The van der Waals surface area contributed by atoms with Crippen molar-refractivity contribution in [2.24, 2.45) is 0 Å². The highest BCUT2D eigenvalue weighted by Gasteiger charge is 2.17. The summed E-state index contributed by atoms with van der Waals surface area (Å²) in [5, 5.41) is 0. The molecule has 0 bridgehead atoms. The third-order valence-corrected chi connectivity index (χ3v) is 5.00. The molecule has 148 valence electrons. The van der Waals surface area contributed by atoms with Gasteiger partial charge in [0.2, 0.25) is 5.91 Å². The molecule has 2 heterocycles. The molecule has 0 radical (unpaired) electrons. The minimum absolute atomic E-state index is 0.194. The van der Waals surface area contributed by atoms with Crippen LogP contribution < -0.4 is 0 Å². The molecule has 1 aromatic carbocycles. The zero-order chi connectivity index (χ0) is 19.6. The Hall–Kier alpha value is -2.75. The number of nitrogens with zero attached hydrogens (tertiary/aromatic N) is 2. The molecular formula is C24H30N2O2. The van der Waals surface area contributed by atoms with Crippen molar-refractivity contribution in [3.63, 3.8) is 0 Å². The van der Waals surface area contributed by atoms with Crippen LogP contribution in [-0.2, 0) is 24.4 Å². The van der Waals surface area contributed by atoms with E-state index in [4.69, 9.17) is 4.42 Å². The molecular weight excluding hydrogens is 348 g/mol. The summed E-state index contributed by atoms with van der Waals surface area (Å²) < 4.78 is 7.72. The SMILES string of the molecule is CCCCCCC(=O)N(Cc1ccco1)Cc1cccn1Cc1ccccc1.